The smallest absolute Gasteiger partial charge is 0.319 e. The molecule has 3 aliphatic rings. The van der Waals surface area contributed by atoms with Gasteiger partial charge in [0.25, 0.3) is 0 Å². The molecule has 2 fully saturated rings. The summed E-state index contributed by atoms with van der Waals surface area (Å²) in [5.74, 6) is 1.27. The SMILES string of the molecule is O=C(Nc1ccccc1)N[C@H]1c2ncnn2CC[C@]12CCN(C(=O)C1CC1)C2. The van der Waals surface area contributed by atoms with E-state index in [1.807, 2.05) is 39.9 Å². The molecule has 1 saturated carbocycles. The van der Waals surface area contributed by atoms with Crippen molar-refractivity contribution < 1.29 is 9.59 Å². The second kappa shape index (κ2) is 6.61. The van der Waals surface area contributed by atoms with Gasteiger partial charge in [-0.05, 0) is 37.8 Å². The van der Waals surface area contributed by atoms with E-state index in [1.54, 1.807) is 6.33 Å². The highest BCUT2D eigenvalue weighted by atomic mass is 16.2. The molecule has 0 bridgehead atoms. The first kappa shape index (κ1) is 17.2. The standard InChI is InChI=1S/C20H24N6O2/c27-18(14-6-7-14)25-10-8-20(12-25)9-11-26-17(21-13-22-26)16(20)24-19(28)23-15-4-2-1-3-5-15/h1-5,13-14,16H,6-12H2,(H2,23,24,28)/t16-,20-/m0/s1. The van der Waals surface area contributed by atoms with Gasteiger partial charge in [0.15, 0.2) is 0 Å². The number of aromatic nitrogens is 3. The number of hydrogen-bond acceptors (Lipinski definition) is 4. The lowest BCUT2D eigenvalue weighted by Crippen LogP contribution is -2.49. The number of carbonyl (C=O) groups excluding carboxylic acids is 2. The number of hydrogen-bond donors (Lipinski definition) is 2. The van der Waals surface area contributed by atoms with Crippen molar-refractivity contribution in [1.29, 1.82) is 0 Å². The van der Waals surface area contributed by atoms with E-state index in [1.165, 1.54) is 0 Å². The summed E-state index contributed by atoms with van der Waals surface area (Å²) >= 11 is 0. The van der Waals surface area contributed by atoms with Crippen LogP contribution in [0.4, 0.5) is 10.5 Å². The third-order valence-electron chi connectivity index (χ3n) is 6.27. The van der Waals surface area contributed by atoms with Crippen molar-refractivity contribution in [3.05, 3.63) is 42.5 Å². The Labute approximate surface area is 163 Å². The first-order valence-corrected chi connectivity index (χ1v) is 9.94. The minimum atomic E-state index is -0.274. The van der Waals surface area contributed by atoms with Crippen molar-refractivity contribution >= 4 is 17.6 Å². The number of aryl methyl sites for hydroxylation is 1. The fraction of sp³-hybridized carbons (Fsp3) is 0.500. The summed E-state index contributed by atoms with van der Waals surface area (Å²) in [7, 11) is 0. The minimum absolute atomic E-state index is 0.193. The lowest BCUT2D eigenvalue weighted by atomic mass is 9.74. The van der Waals surface area contributed by atoms with Crippen molar-refractivity contribution in [1.82, 2.24) is 25.0 Å². The quantitative estimate of drug-likeness (QED) is 0.854. The lowest BCUT2D eigenvalue weighted by molar-refractivity contribution is -0.132. The average Bonchev–Trinajstić information content (AvgIpc) is 3.29. The maximum absolute atomic E-state index is 12.7. The maximum Gasteiger partial charge on any atom is 0.319 e. The summed E-state index contributed by atoms with van der Waals surface area (Å²) in [6.45, 7) is 2.19. The van der Waals surface area contributed by atoms with Crippen LogP contribution in [0.3, 0.4) is 0 Å². The molecular formula is C20H24N6O2. The predicted octanol–water partition coefficient (Wildman–Crippen LogP) is 2.17. The van der Waals surface area contributed by atoms with E-state index < -0.39 is 0 Å². The van der Waals surface area contributed by atoms with Gasteiger partial charge in [-0.3, -0.25) is 4.79 Å². The second-order valence-electron chi connectivity index (χ2n) is 8.14. The monoisotopic (exact) mass is 380 g/mol. The zero-order valence-electron chi connectivity index (χ0n) is 15.7. The summed E-state index contributed by atoms with van der Waals surface area (Å²) in [6.07, 6.45) is 5.30. The number of carbonyl (C=O) groups is 2. The third kappa shape index (κ3) is 3.02. The highest BCUT2D eigenvalue weighted by Gasteiger charge is 2.51. The maximum atomic E-state index is 12.7. The summed E-state index contributed by atoms with van der Waals surface area (Å²) in [5.41, 5.74) is 0.546. The van der Waals surface area contributed by atoms with E-state index in [9.17, 15) is 9.59 Å². The Morgan fingerprint density at radius 1 is 1.11 bits per heavy atom. The largest absolute Gasteiger partial charge is 0.342 e. The Kier molecular flexibility index (Phi) is 4.07. The number of para-hydroxylation sites is 1. The molecule has 28 heavy (non-hydrogen) atoms. The first-order chi connectivity index (χ1) is 13.6. The van der Waals surface area contributed by atoms with Gasteiger partial charge in [-0.2, -0.15) is 5.10 Å². The molecule has 2 N–H and O–H groups in total. The van der Waals surface area contributed by atoms with Crippen LogP contribution in [-0.2, 0) is 11.3 Å². The van der Waals surface area contributed by atoms with Gasteiger partial charge in [-0.1, -0.05) is 18.2 Å². The number of anilines is 1. The zero-order valence-corrected chi connectivity index (χ0v) is 15.7. The molecule has 1 aliphatic carbocycles. The van der Waals surface area contributed by atoms with Crippen LogP contribution < -0.4 is 10.6 Å². The van der Waals surface area contributed by atoms with Crippen molar-refractivity contribution in [3.8, 4) is 0 Å². The van der Waals surface area contributed by atoms with Crippen molar-refractivity contribution in [2.45, 2.75) is 38.3 Å². The number of nitrogens with zero attached hydrogens (tertiary/aromatic N) is 4. The van der Waals surface area contributed by atoms with Crippen molar-refractivity contribution in [2.75, 3.05) is 18.4 Å². The molecule has 2 atom stereocenters. The molecule has 5 rings (SSSR count). The fourth-order valence-electron chi connectivity index (χ4n) is 4.57. The highest BCUT2D eigenvalue weighted by molar-refractivity contribution is 5.89. The summed E-state index contributed by atoms with van der Waals surface area (Å²) < 4.78 is 1.87. The number of rotatable bonds is 3. The van der Waals surface area contributed by atoms with Crippen LogP contribution in [0.5, 0.6) is 0 Å². The number of amides is 3. The molecule has 2 aromatic rings. The van der Waals surface area contributed by atoms with E-state index in [0.717, 1.165) is 50.3 Å². The average molecular weight is 380 g/mol. The number of urea groups is 1. The van der Waals surface area contributed by atoms with Crippen molar-refractivity contribution in [2.24, 2.45) is 11.3 Å². The lowest BCUT2D eigenvalue weighted by Gasteiger charge is -2.40. The van der Waals surface area contributed by atoms with Gasteiger partial charge in [0.1, 0.15) is 12.2 Å². The topological polar surface area (TPSA) is 92.2 Å². The Hall–Kier alpha value is -2.90. The first-order valence-electron chi connectivity index (χ1n) is 9.94. The van der Waals surface area contributed by atoms with E-state index in [0.29, 0.717) is 6.54 Å². The Morgan fingerprint density at radius 2 is 1.89 bits per heavy atom. The molecule has 3 amide bonds. The molecule has 3 heterocycles. The molecular weight excluding hydrogens is 356 g/mol. The van der Waals surface area contributed by atoms with Gasteiger partial charge in [0, 0.05) is 36.7 Å². The van der Waals surface area contributed by atoms with Crippen LogP contribution >= 0.6 is 0 Å². The van der Waals surface area contributed by atoms with E-state index >= 15 is 0 Å². The molecule has 8 heteroatoms. The Bertz CT molecular complexity index is 893. The summed E-state index contributed by atoms with van der Waals surface area (Å²) in [5, 5.41) is 10.3. The molecule has 1 aromatic heterocycles. The van der Waals surface area contributed by atoms with Crippen LogP contribution in [0.1, 0.15) is 37.5 Å². The molecule has 2 aliphatic heterocycles. The van der Waals surface area contributed by atoms with E-state index in [4.69, 9.17) is 0 Å². The van der Waals surface area contributed by atoms with Crippen LogP contribution in [0.25, 0.3) is 0 Å². The number of likely N-dealkylation sites (tertiary alicyclic amines) is 1. The fourth-order valence-corrected chi connectivity index (χ4v) is 4.57. The normalized spacial score (nSPS) is 26.1. The molecule has 1 saturated heterocycles. The van der Waals surface area contributed by atoms with Crippen LogP contribution in [0, 0.1) is 11.3 Å². The van der Waals surface area contributed by atoms with Crippen LogP contribution in [0.15, 0.2) is 36.7 Å². The molecule has 0 radical (unpaired) electrons. The highest BCUT2D eigenvalue weighted by Crippen LogP contribution is 2.48. The van der Waals surface area contributed by atoms with Gasteiger partial charge in [0.05, 0.1) is 6.04 Å². The van der Waals surface area contributed by atoms with E-state index in [2.05, 4.69) is 20.7 Å². The summed E-state index contributed by atoms with van der Waals surface area (Å²) in [6, 6.07) is 8.84. The molecule has 146 valence electrons. The van der Waals surface area contributed by atoms with Gasteiger partial charge in [-0.25, -0.2) is 14.5 Å². The van der Waals surface area contributed by atoms with Gasteiger partial charge in [0.2, 0.25) is 5.91 Å². The minimum Gasteiger partial charge on any atom is -0.342 e. The summed E-state index contributed by atoms with van der Waals surface area (Å²) in [4.78, 5) is 31.8. The zero-order chi connectivity index (χ0) is 19.1. The predicted molar refractivity (Wildman–Crippen MR) is 102 cm³/mol. The van der Waals surface area contributed by atoms with Gasteiger partial charge < -0.3 is 15.5 Å². The molecule has 1 aromatic carbocycles. The van der Waals surface area contributed by atoms with Gasteiger partial charge in [-0.15, -0.1) is 0 Å². The van der Waals surface area contributed by atoms with Gasteiger partial charge >= 0.3 is 6.03 Å². The Balaban J connectivity index is 1.38. The molecule has 0 unspecified atom stereocenters. The van der Waals surface area contributed by atoms with Crippen molar-refractivity contribution in [3.63, 3.8) is 0 Å². The third-order valence-corrected chi connectivity index (χ3v) is 6.27. The Morgan fingerprint density at radius 3 is 2.68 bits per heavy atom. The van der Waals surface area contributed by atoms with E-state index in [-0.39, 0.29) is 29.3 Å². The number of nitrogens with one attached hydrogen (secondary N) is 2. The van der Waals surface area contributed by atoms with Crippen LogP contribution in [-0.4, -0.2) is 44.7 Å². The van der Waals surface area contributed by atoms with Crippen LogP contribution in [0.2, 0.25) is 0 Å². The molecule has 1 spiro atoms. The second-order valence-corrected chi connectivity index (χ2v) is 8.14. The molecule has 8 nitrogen and oxygen atoms in total. The number of fused-ring (bicyclic) bond motifs is 1. The number of benzene rings is 1.